The highest BCUT2D eigenvalue weighted by atomic mass is 16.2. The van der Waals surface area contributed by atoms with Crippen molar-refractivity contribution >= 4 is 17.3 Å². The molecule has 1 amide bonds. The summed E-state index contributed by atoms with van der Waals surface area (Å²) in [5, 5.41) is 6.26. The van der Waals surface area contributed by atoms with Crippen molar-refractivity contribution in [3.63, 3.8) is 0 Å². The third kappa shape index (κ3) is 4.10. The van der Waals surface area contributed by atoms with Crippen molar-refractivity contribution in [2.24, 2.45) is 0 Å². The van der Waals surface area contributed by atoms with E-state index in [1.165, 1.54) is 5.56 Å². The Morgan fingerprint density at radius 3 is 2.32 bits per heavy atom. The lowest BCUT2D eigenvalue weighted by Gasteiger charge is -2.26. The van der Waals surface area contributed by atoms with E-state index >= 15 is 0 Å². The number of hydrogen-bond acceptors (Lipinski definition) is 2. The van der Waals surface area contributed by atoms with Gasteiger partial charge in [-0.15, -0.1) is 0 Å². The highest BCUT2D eigenvalue weighted by molar-refractivity contribution is 5.99. The van der Waals surface area contributed by atoms with Gasteiger partial charge in [0.1, 0.15) is 5.54 Å². The third-order valence-electron chi connectivity index (χ3n) is 3.66. The summed E-state index contributed by atoms with van der Waals surface area (Å²) in [5.74, 6) is -0.0572. The summed E-state index contributed by atoms with van der Waals surface area (Å²) in [6.07, 6.45) is 0.995. The minimum atomic E-state index is -0.697. The molecule has 0 aliphatic rings. The van der Waals surface area contributed by atoms with E-state index in [1.54, 1.807) is 0 Å². The zero-order valence-electron chi connectivity index (χ0n) is 13.7. The molecule has 0 unspecified atom stereocenters. The number of carbonyl (C=O) groups is 1. The molecule has 0 heterocycles. The van der Waals surface area contributed by atoms with Crippen LogP contribution in [0.15, 0.2) is 48.5 Å². The highest BCUT2D eigenvalue weighted by Gasteiger charge is 2.27. The molecule has 0 saturated heterocycles. The Hall–Kier alpha value is -2.29. The molecule has 0 radical (unpaired) electrons. The van der Waals surface area contributed by atoms with Crippen molar-refractivity contribution in [2.45, 2.75) is 39.7 Å². The molecule has 3 heteroatoms. The summed E-state index contributed by atoms with van der Waals surface area (Å²) in [6.45, 7) is 7.91. The number of aryl methyl sites for hydroxylation is 2. The van der Waals surface area contributed by atoms with Gasteiger partial charge in [-0.25, -0.2) is 0 Å². The predicted molar refractivity (Wildman–Crippen MR) is 93.3 cm³/mol. The number of benzene rings is 2. The Labute approximate surface area is 132 Å². The lowest BCUT2D eigenvalue weighted by Crippen LogP contribution is -2.44. The van der Waals surface area contributed by atoms with Gasteiger partial charge in [0.25, 0.3) is 0 Å². The van der Waals surface area contributed by atoms with Crippen molar-refractivity contribution in [3.05, 3.63) is 59.7 Å². The minimum Gasteiger partial charge on any atom is -0.372 e. The van der Waals surface area contributed by atoms with Gasteiger partial charge in [-0.05, 0) is 62.6 Å². The maximum absolute atomic E-state index is 12.5. The first-order valence-corrected chi connectivity index (χ1v) is 7.66. The van der Waals surface area contributed by atoms with E-state index < -0.39 is 5.54 Å². The fraction of sp³-hybridized carbons (Fsp3) is 0.316. The van der Waals surface area contributed by atoms with Crippen molar-refractivity contribution in [1.29, 1.82) is 0 Å². The standard InChI is InChI=1S/C19H24N2O/c1-5-15-9-11-16(12-10-15)20-18(22)19(3,4)21-17-8-6-7-14(2)13-17/h6-13,21H,5H2,1-4H3,(H,20,22). The second-order valence-electron chi connectivity index (χ2n) is 6.12. The predicted octanol–water partition coefficient (Wildman–Crippen LogP) is 4.39. The summed E-state index contributed by atoms with van der Waals surface area (Å²) in [4.78, 5) is 12.5. The van der Waals surface area contributed by atoms with Gasteiger partial charge in [0.2, 0.25) is 5.91 Å². The van der Waals surface area contributed by atoms with E-state index in [4.69, 9.17) is 0 Å². The van der Waals surface area contributed by atoms with E-state index in [9.17, 15) is 4.79 Å². The van der Waals surface area contributed by atoms with E-state index in [2.05, 4.69) is 17.6 Å². The normalized spacial score (nSPS) is 11.1. The molecule has 0 atom stereocenters. The number of hydrogen-bond donors (Lipinski definition) is 2. The number of nitrogens with one attached hydrogen (secondary N) is 2. The van der Waals surface area contributed by atoms with Gasteiger partial charge in [-0.2, -0.15) is 0 Å². The molecular formula is C19H24N2O. The molecule has 0 bridgehead atoms. The minimum absolute atomic E-state index is 0.0572. The molecule has 0 fully saturated rings. The van der Waals surface area contributed by atoms with Gasteiger partial charge >= 0.3 is 0 Å². The van der Waals surface area contributed by atoms with Crippen molar-refractivity contribution in [2.75, 3.05) is 10.6 Å². The molecule has 116 valence electrons. The molecule has 0 spiro atoms. The average Bonchev–Trinajstić information content (AvgIpc) is 2.47. The van der Waals surface area contributed by atoms with E-state index in [1.807, 2.05) is 69.3 Å². The molecule has 2 aromatic carbocycles. The molecular weight excluding hydrogens is 272 g/mol. The largest absolute Gasteiger partial charge is 0.372 e. The maximum Gasteiger partial charge on any atom is 0.249 e. The first kappa shape index (κ1) is 16.1. The lowest BCUT2D eigenvalue weighted by atomic mass is 10.0. The highest BCUT2D eigenvalue weighted by Crippen LogP contribution is 2.19. The van der Waals surface area contributed by atoms with Crippen LogP contribution in [-0.4, -0.2) is 11.4 Å². The van der Waals surface area contributed by atoms with Crippen LogP contribution in [0.3, 0.4) is 0 Å². The number of carbonyl (C=O) groups excluding carboxylic acids is 1. The van der Waals surface area contributed by atoms with Crippen LogP contribution in [0.2, 0.25) is 0 Å². The van der Waals surface area contributed by atoms with Gasteiger partial charge in [0, 0.05) is 11.4 Å². The Morgan fingerprint density at radius 2 is 1.73 bits per heavy atom. The average molecular weight is 296 g/mol. The fourth-order valence-electron chi connectivity index (χ4n) is 2.25. The molecule has 3 nitrogen and oxygen atoms in total. The van der Waals surface area contributed by atoms with Crippen molar-refractivity contribution < 1.29 is 4.79 Å². The Morgan fingerprint density at radius 1 is 1.05 bits per heavy atom. The van der Waals surface area contributed by atoms with Crippen LogP contribution in [0.4, 0.5) is 11.4 Å². The van der Waals surface area contributed by atoms with Gasteiger partial charge in [-0.3, -0.25) is 4.79 Å². The van der Waals surface area contributed by atoms with Gasteiger partial charge < -0.3 is 10.6 Å². The summed E-state index contributed by atoms with van der Waals surface area (Å²) in [6, 6.07) is 16.0. The Balaban J connectivity index is 2.06. The molecule has 0 aromatic heterocycles. The molecule has 22 heavy (non-hydrogen) atoms. The zero-order valence-corrected chi connectivity index (χ0v) is 13.7. The van der Waals surface area contributed by atoms with Crippen molar-refractivity contribution in [3.8, 4) is 0 Å². The second kappa shape index (κ2) is 6.65. The fourth-order valence-corrected chi connectivity index (χ4v) is 2.25. The Bertz CT molecular complexity index is 645. The topological polar surface area (TPSA) is 41.1 Å². The van der Waals surface area contributed by atoms with Crippen LogP contribution in [0.5, 0.6) is 0 Å². The van der Waals surface area contributed by atoms with Crippen LogP contribution >= 0.6 is 0 Å². The molecule has 2 rings (SSSR count). The first-order chi connectivity index (χ1) is 10.4. The zero-order chi connectivity index (χ0) is 16.2. The first-order valence-electron chi connectivity index (χ1n) is 7.66. The third-order valence-corrected chi connectivity index (χ3v) is 3.66. The lowest BCUT2D eigenvalue weighted by molar-refractivity contribution is -0.119. The van der Waals surface area contributed by atoms with Crippen LogP contribution in [0.1, 0.15) is 31.9 Å². The van der Waals surface area contributed by atoms with Gasteiger partial charge in [-0.1, -0.05) is 31.2 Å². The van der Waals surface area contributed by atoms with E-state index in [0.717, 1.165) is 23.4 Å². The van der Waals surface area contributed by atoms with Crippen LogP contribution in [0.25, 0.3) is 0 Å². The summed E-state index contributed by atoms with van der Waals surface area (Å²) in [7, 11) is 0. The maximum atomic E-state index is 12.5. The van der Waals surface area contributed by atoms with E-state index in [-0.39, 0.29) is 5.91 Å². The van der Waals surface area contributed by atoms with E-state index in [0.29, 0.717) is 0 Å². The van der Waals surface area contributed by atoms with Gasteiger partial charge in [0.15, 0.2) is 0 Å². The number of rotatable bonds is 5. The van der Waals surface area contributed by atoms with Crippen LogP contribution in [0, 0.1) is 6.92 Å². The van der Waals surface area contributed by atoms with Crippen LogP contribution in [-0.2, 0) is 11.2 Å². The number of anilines is 2. The monoisotopic (exact) mass is 296 g/mol. The molecule has 0 aliphatic heterocycles. The van der Waals surface area contributed by atoms with Crippen molar-refractivity contribution in [1.82, 2.24) is 0 Å². The quantitative estimate of drug-likeness (QED) is 0.859. The number of amides is 1. The van der Waals surface area contributed by atoms with Crippen LogP contribution < -0.4 is 10.6 Å². The SMILES string of the molecule is CCc1ccc(NC(=O)C(C)(C)Nc2cccc(C)c2)cc1. The summed E-state index contributed by atoms with van der Waals surface area (Å²) < 4.78 is 0. The molecule has 0 aliphatic carbocycles. The molecule has 2 N–H and O–H groups in total. The molecule has 0 saturated carbocycles. The summed E-state index contributed by atoms with van der Waals surface area (Å²) >= 11 is 0. The smallest absolute Gasteiger partial charge is 0.249 e. The molecule has 2 aromatic rings. The van der Waals surface area contributed by atoms with Gasteiger partial charge in [0.05, 0.1) is 0 Å². The summed E-state index contributed by atoms with van der Waals surface area (Å²) in [5.41, 5.74) is 3.49. The Kier molecular flexibility index (Phi) is 4.86. The second-order valence-corrected chi connectivity index (χ2v) is 6.12.